The van der Waals surface area contributed by atoms with Gasteiger partial charge >= 0.3 is 0 Å². The van der Waals surface area contributed by atoms with Gasteiger partial charge in [-0.15, -0.1) is 0 Å². The zero-order valence-electron chi connectivity index (χ0n) is 8.90. The summed E-state index contributed by atoms with van der Waals surface area (Å²) >= 11 is 0. The second-order valence-electron chi connectivity index (χ2n) is 3.51. The van der Waals surface area contributed by atoms with Crippen molar-refractivity contribution in [2.45, 2.75) is 26.6 Å². The molecule has 1 atom stereocenters. The second kappa shape index (κ2) is 4.95. The van der Waals surface area contributed by atoms with Crippen LogP contribution in [0.2, 0.25) is 0 Å². The first-order chi connectivity index (χ1) is 7.00. The summed E-state index contributed by atoms with van der Waals surface area (Å²) < 4.78 is 1.25. The molecule has 0 aromatic carbocycles. The quantitative estimate of drug-likeness (QED) is 0.604. The van der Waals surface area contributed by atoms with Crippen LogP contribution in [0.5, 0.6) is 5.88 Å². The SMILES string of the molecule is Cc1cc(O)n(CCNC(C)O)c(=O)c1. The molecule has 1 aromatic rings. The van der Waals surface area contributed by atoms with Gasteiger partial charge in [-0.1, -0.05) is 0 Å². The van der Waals surface area contributed by atoms with Gasteiger partial charge in [0.2, 0.25) is 0 Å². The normalized spacial score (nSPS) is 12.7. The van der Waals surface area contributed by atoms with Crippen molar-refractivity contribution in [3.63, 3.8) is 0 Å². The van der Waals surface area contributed by atoms with Crippen LogP contribution in [0.3, 0.4) is 0 Å². The van der Waals surface area contributed by atoms with E-state index in [-0.39, 0.29) is 11.4 Å². The zero-order chi connectivity index (χ0) is 11.4. The molecule has 15 heavy (non-hydrogen) atoms. The lowest BCUT2D eigenvalue weighted by Gasteiger charge is -2.11. The molecule has 0 amide bonds. The number of aromatic nitrogens is 1. The van der Waals surface area contributed by atoms with Gasteiger partial charge < -0.3 is 10.2 Å². The summed E-state index contributed by atoms with van der Waals surface area (Å²) in [7, 11) is 0. The minimum absolute atomic E-state index is 0.0487. The molecule has 3 N–H and O–H groups in total. The van der Waals surface area contributed by atoms with Crippen LogP contribution >= 0.6 is 0 Å². The number of aliphatic hydroxyl groups excluding tert-OH is 1. The lowest BCUT2D eigenvalue weighted by Crippen LogP contribution is -2.31. The third kappa shape index (κ3) is 3.38. The number of aryl methyl sites for hydroxylation is 1. The highest BCUT2D eigenvalue weighted by atomic mass is 16.3. The van der Waals surface area contributed by atoms with Gasteiger partial charge in [0.15, 0.2) is 5.88 Å². The van der Waals surface area contributed by atoms with Gasteiger partial charge in [-0.2, -0.15) is 0 Å². The number of nitrogens with one attached hydrogen (secondary N) is 1. The molecule has 0 spiro atoms. The van der Waals surface area contributed by atoms with Crippen LogP contribution in [-0.4, -0.2) is 27.6 Å². The van der Waals surface area contributed by atoms with Gasteiger partial charge in [0.1, 0.15) is 6.23 Å². The molecule has 1 unspecified atom stereocenters. The fourth-order valence-electron chi connectivity index (χ4n) is 1.32. The third-order valence-electron chi connectivity index (χ3n) is 2.03. The largest absolute Gasteiger partial charge is 0.494 e. The van der Waals surface area contributed by atoms with E-state index in [1.54, 1.807) is 13.8 Å². The Bertz CT molecular complexity index is 385. The van der Waals surface area contributed by atoms with Crippen LogP contribution in [-0.2, 0) is 6.54 Å². The molecule has 5 nitrogen and oxygen atoms in total. The summed E-state index contributed by atoms with van der Waals surface area (Å²) in [5.74, 6) is -0.0487. The van der Waals surface area contributed by atoms with Crippen molar-refractivity contribution in [1.82, 2.24) is 9.88 Å². The summed E-state index contributed by atoms with van der Waals surface area (Å²) in [5, 5.41) is 21.2. The molecule has 0 aliphatic heterocycles. The molecule has 0 aliphatic carbocycles. The average molecular weight is 212 g/mol. The monoisotopic (exact) mass is 212 g/mol. The standard InChI is InChI=1S/C10H16N2O3/c1-7-5-9(14)12(10(15)6-7)4-3-11-8(2)13/h5-6,8,11,13-14H,3-4H2,1-2H3. The first-order valence-corrected chi connectivity index (χ1v) is 4.82. The molecule has 0 aliphatic rings. The second-order valence-corrected chi connectivity index (χ2v) is 3.51. The van der Waals surface area contributed by atoms with E-state index in [4.69, 9.17) is 5.11 Å². The molecule has 0 saturated carbocycles. The molecular weight excluding hydrogens is 196 g/mol. The summed E-state index contributed by atoms with van der Waals surface area (Å²) in [6, 6.07) is 2.99. The van der Waals surface area contributed by atoms with Gasteiger partial charge in [-0.25, -0.2) is 0 Å². The number of aliphatic hydroxyl groups is 1. The summed E-state index contributed by atoms with van der Waals surface area (Å²) in [6.45, 7) is 4.10. The minimum atomic E-state index is -0.617. The Morgan fingerprint density at radius 1 is 1.53 bits per heavy atom. The highest BCUT2D eigenvalue weighted by Gasteiger charge is 2.03. The first kappa shape index (κ1) is 11.7. The van der Waals surface area contributed by atoms with Crippen molar-refractivity contribution in [3.8, 4) is 5.88 Å². The average Bonchev–Trinajstić information content (AvgIpc) is 2.08. The van der Waals surface area contributed by atoms with E-state index < -0.39 is 6.23 Å². The van der Waals surface area contributed by atoms with E-state index in [1.807, 2.05) is 0 Å². The van der Waals surface area contributed by atoms with E-state index in [2.05, 4.69) is 5.32 Å². The molecule has 1 aromatic heterocycles. The van der Waals surface area contributed by atoms with Crippen molar-refractivity contribution >= 4 is 0 Å². The smallest absolute Gasteiger partial charge is 0.253 e. The van der Waals surface area contributed by atoms with Crippen molar-refractivity contribution in [1.29, 1.82) is 0 Å². The Balaban J connectivity index is 2.73. The van der Waals surface area contributed by atoms with Crippen molar-refractivity contribution in [2.75, 3.05) is 6.54 Å². The summed E-state index contributed by atoms with van der Waals surface area (Å²) in [4.78, 5) is 11.4. The van der Waals surface area contributed by atoms with Gasteiger partial charge in [0.25, 0.3) is 5.56 Å². The van der Waals surface area contributed by atoms with E-state index in [1.165, 1.54) is 16.7 Å². The molecule has 1 heterocycles. The molecule has 0 fully saturated rings. The maximum absolute atomic E-state index is 11.4. The zero-order valence-corrected chi connectivity index (χ0v) is 8.90. The van der Waals surface area contributed by atoms with Gasteiger partial charge in [0.05, 0.1) is 0 Å². The number of pyridine rings is 1. The van der Waals surface area contributed by atoms with E-state index in [0.29, 0.717) is 13.1 Å². The van der Waals surface area contributed by atoms with Crippen LogP contribution in [0.4, 0.5) is 0 Å². The van der Waals surface area contributed by atoms with Gasteiger partial charge in [0, 0.05) is 25.2 Å². The summed E-state index contributed by atoms with van der Waals surface area (Å²) in [6.07, 6.45) is -0.617. The van der Waals surface area contributed by atoms with Gasteiger partial charge in [-0.3, -0.25) is 14.7 Å². The molecule has 5 heteroatoms. The highest BCUT2D eigenvalue weighted by Crippen LogP contribution is 2.07. The summed E-state index contributed by atoms with van der Waals surface area (Å²) in [5.41, 5.74) is 0.497. The molecule has 84 valence electrons. The van der Waals surface area contributed by atoms with Crippen LogP contribution in [0.1, 0.15) is 12.5 Å². The number of aromatic hydroxyl groups is 1. The Morgan fingerprint density at radius 2 is 2.20 bits per heavy atom. The maximum atomic E-state index is 11.4. The molecular formula is C10H16N2O3. The van der Waals surface area contributed by atoms with E-state index >= 15 is 0 Å². The maximum Gasteiger partial charge on any atom is 0.253 e. The third-order valence-corrected chi connectivity index (χ3v) is 2.03. The Morgan fingerprint density at radius 3 is 2.73 bits per heavy atom. The lowest BCUT2D eigenvalue weighted by atomic mass is 10.3. The van der Waals surface area contributed by atoms with E-state index in [0.717, 1.165) is 5.56 Å². The van der Waals surface area contributed by atoms with Crippen LogP contribution in [0.25, 0.3) is 0 Å². The van der Waals surface area contributed by atoms with Crippen molar-refractivity contribution < 1.29 is 10.2 Å². The topological polar surface area (TPSA) is 74.5 Å². The van der Waals surface area contributed by atoms with Gasteiger partial charge in [-0.05, 0) is 19.4 Å². The minimum Gasteiger partial charge on any atom is -0.494 e. The molecule has 0 bridgehead atoms. The predicted molar refractivity (Wildman–Crippen MR) is 56.8 cm³/mol. The van der Waals surface area contributed by atoms with Crippen LogP contribution < -0.4 is 10.9 Å². The number of nitrogens with zero attached hydrogens (tertiary/aromatic N) is 1. The number of rotatable bonds is 4. The molecule has 1 rings (SSSR count). The van der Waals surface area contributed by atoms with Crippen molar-refractivity contribution in [3.05, 3.63) is 28.0 Å². The highest BCUT2D eigenvalue weighted by molar-refractivity contribution is 5.19. The fourth-order valence-corrected chi connectivity index (χ4v) is 1.32. The van der Waals surface area contributed by atoms with Crippen LogP contribution in [0, 0.1) is 6.92 Å². The Hall–Kier alpha value is -1.33. The van der Waals surface area contributed by atoms with E-state index in [9.17, 15) is 9.90 Å². The predicted octanol–water partition coefficient (Wildman–Crippen LogP) is -0.210. The van der Waals surface area contributed by atoms with Crippen LogP contribution in [0.15, 0.2) is 16.9 Å². The molecule has 0 saturated heterocycles. The Labute approximate surface area is 88.0 Å². The number of hydrogen-bond donors (Lipinski definition) is 3. The van der Waals surface area contributed by atoms with Crippen molar-refractivity contribution in [2.24, 2.45) is 0 Å². The first-order valence-electron chi connectivity index (χ1n) is 4.82. The molecule has 0 radical (unpaired) electrons. The number of hydrogen-bond acceptors (Lipinski definition) is 4. The Kier molecular flexibility index (Phi) is 3.88. The fraction of sp³-hybridized carbons (Fsp3) is 0.500. The lowest BCUT2D eigenvalue weighted by molar-refractivity contribution is 0.155.